The highest BCUT2D eigenvalue weighted by Gasteiger charge is 2.31. The second-order valence-electron chi connectivity index (χ2n) is 6.32. The maximum atomic E-state index is 15.4. The van der Waals surface area contributed by atoms with Crippen LogP contribution in [0.3, 0.4) is 0 Å². The Bertz CT molecular complexity index is 937. The molecule has 0 atom stereocenters. The molecule has 0 N–H and O–H groups in total. The van der Waals surface area contributed by atoms with E-state index in [9.17, 15) is 4.79 Å². The number of aliphatic imine (C=N–C) groups is 1. The molecule has 0 bridgehead atoms. The number of ketones is 1. The summed E-state index contributed by atoms with van der Waals surface area (Å²) in [5.74, 6) is -0.0305. The van der Waals surface area contributed by atoms with Gasteiger partial charge in [0, 0.05) is 36.4 Å². The summed E-state index contributed by atoms with van der Waals surface area (Å²) >= 11 is 0. The Balaban J connectivity index is 1.98. The molecule has 0 aliphatic heterocycles. The highest BCUT2D eigenvalue weighted by Crippen LogP contribution is 2.45. The average Bonchev–Trinajstić information content (AvgIpc) is 3.14. The summed E-state index contributed by atoms with van der Waals surface area (Å²) in [5.41, 5.74) is 6.90. The molecule has 0 aromatic heterocycles. The van der Waals surface area contributed by atoms with E-state index in [1.807, 2.05) is 37.3 Å². The van der Waals surface area contributed by atoms with E-state index in [2.05, 4.69) is 4.99 Å². The molecule has 0 spiro atoms. The zero-order valence-corrected chi connectivity index (χ0v) is 13.8. The lowest BCUT2D eigenvalue weighted by Gasteiger charge is -2.12. The van der Waals surface area contributed by atoms with Gasteiger partial charge in [0.15, 0.2) is 5.78 Å². The molecular weight excluding hydrogens is 301 g/mol. The lowest BCUT2D eigenvalue weighted by atomic mass is 9.93. The van der Waals surface area contributed by atoms with E-state index in [-0.39, 0.29) is 11.6 Å². The van der Waals surface area contributed by atoms with Crippen LogP contribution in [-0.4, -0.2) is 19.0 Å². The summed E-state index contributed by atoms with van der Waals surface area (Å²) in [6.07, 6.45) is 5.53. The first-order valence-electron chi connectivity index (χ1n) is 8.24. The number of fused-ring (bicyclic) bond motifs is 5. The Hall–Kier alpha value is -2.55. The van der Waals surface area contributed by atoms with Crippen molar-refractivity contribution in [1.82, 2.24) is 0 Å². The number of carbonyl (C=O) groups excluding carboxylic acids is 1. The van der Waals surface area contributed by atoms with Crippen molar-refractivity contribution in [3.8, 4) is 11.1 Å². The molecule has 0 unspecified atom stereocenters. The predicted octanol–water partition coefficient (Wildman–Crippen LogP) is 4.63. The van der Waals surface area contributed by atoms with Gasteiger partial charge < -0.3 is 0 Å². The smallest absolute Gasteiger partial charge is 0.163 e. The van der Waals surface area contributed by atoms with Crippen molar-refractivity contribution < 1.29 is 9.18 Å². The van der Waals surface area contributed by atoms with Crippen molar-refractivity contribution >= 4 is 17.6 Å². The highest BCUT2D eigenvalue weighted by molar-refractivity contribution is 6.10. The first-order chi connectivity index (χ1) is 11.7. The van der Waals surface area contributed by atoms with Crippen LogP contribution in [0.1, 0.15) is 46.0 Å². The maximum Gasteiger partial charge on any atom is 0.163 e. The quantitative estimate of drug-likeness (QED) is 0.633. The lowest BCUT2D eigenvalue weighted by molar-refractivity contribution is 0.0994. The molecule has 0 saturated heterocycles. The predicted molar refractivity (Wildman–Crippen MR) is 95.4 cm³/mol. The summed E-state index contributed by atoms with van der Waals surface area (Å²) in [4.78, 5) is 16.1. The molecule has 0 radical (unpaired) electrons. The van der Waals surface area contributed by atoms with Crippen LogP contribution in [0.5, 0.6) is 0 Å². The van der Waals surface area contributed by atoms with Crippen LogP contribution < -0.4 is 0 Å². The Morgan fingerprint density at radius 3 is 2.62 bits per heavy atom. The van der Waals surface area contributed by atoms with Crippen molar-refractivity contribution in [1.29, 1.82) is 0 Å². The number of hydrogen-bond acceptors (Lipinski definition) is 2. The van der Waals surface area contributed by atoms with Crippen LogP contribution in [-0.2, 0) is 12.8 Å². The number of benzene rings is 2. The van der Waals surface area contributed by atoms with Crippen molar-refractivity contribution in [2.45, 2.75) is 26.2 Å². The minimum absolute atomic E-state index is 0.171. The van der Waals surface area contributed by atoms with Gasteiger partial charge in [-0.05, 0) is 47.6 Å². The molecule has 3 heteroatoms. The van der Waals surface area contributed by atoms with Gasteiger partial charge in [0.25, 0.3) is 0 Å². The zero-order chi connectivity index (χ0) is 16.8. The van der Waals surface area contributed by atoms with Crippen LogP contribution in [0, 0.1) is 5.82 Å². The Morgan fingerprint density at radius 2 is 1.88 bits per heavy atom. The van der Waals surface area contributed by atoms with Crippen molar-refractivity contribution in [2.24, 2.45) is 4.99 Å². The van der Waals surface area contributed by atoms with Crippen LogP contribution in [0.25, 0.3) is 16.7 Å². The number of hydrogen-bond donors (Lipinski definition) is 0. The fourth-order valence-corrected chi connectivity index (χ4v) is 3.95. The van der Waals surface area contributed by atoms with E-state index in [4.69, 9.17) is 0 Å². The third-order valence-corrected chi connectivity index (χ3v) is 5.05. The summed E-state index contributed by atoms with van der Waals surface area (Å²) in [6.45, 7) is 1.88. The van der Waals surface area contributed by atoms with Crippen LogP contribution in [0.4, 0.5) is 4.39 Å². The van der Waals surface area contributed by atoms with E-state index >= 15 is 4.39 Å². The monoisotopic (exact) mass is 319 g/mol. The second-order valence-corrected chi connectivity index (χ2v) is 6.32. The fourth-order valence-electron chi connectivity index (χ4n) is 3.95. The van der Waals surface area contributed by atoms with Crippen LogP contribution in [0.15, 0.2) is 35.3 Å². The molecule has 2 aromatic rings. The SMILES string of the molecule is C/C=C(\C=NC)c1ccc2c(c1F)-c1c(ccc3c1CCC3=O)C2. The van der Waals surface area contributed by atoms with Crippen LogP contribution >= 0.6 is 0 Å². The Kier molecular flexibility index (Phi) is 3.45. The van der Waals surface area contributed by atoms with Gasteiger partial charge >= 0.3 is 0 Å². The van der Waals surface area contributed by atoms with Crippen molar-refractivity contribution in [3.63, 3.8) is 0 Å². The second kappa shape index (κ2) is 5.52. The van der Waals surface area contributed by atoms with Gasteiger partial charge in [-0.3, -0.25) is 9.79 Å². The summed E-state index contributed by atoms with van der Waals surface area (Å²) in [7, 11) is 1.68. The molecule has 2 aliphatic carbocycles. The standard InChI is InChI=1S/C21H18FNO/c1-3-12(11-23-2)15-6-4-14-10-13-5-7-16-17(8-9-18(16)24)19(13)20(14)21(15)22/h3-7,11H,8-10H2,1-2H3/b12-3+,23-11?. The molecule has 2 aliphatic rings. The summed E-state index contributed by atoms with van der Waals surface area (Å²) < 4.78 is 15.4. The molecule has 2 nitrogen and oxygen atoms in total. The number of halogens is 1. The first-order valence-corrected chi connectivity index (χ1v) is 8.24. The molecular formula is C21H18FNO. The zero-order valence-electron chi connectivity index (χ0n) is 13.8. The highest BCUT2D eigenvalue weighted by atomic mass is 19.1. The number of carbonyl (C=O) groups is 1. The summed E-state index contributed by atoms with van der Waals surface area (Å²) in [6, 6.07) is 7.74. The molecule has 0 heterocycles. The number of rotatable bonds is 2. The minimum atomic E-state index is -0.202. The first kappa shape index (κ1) is 15.0. The fraction of sp³-hybridized carbons (Fsp3) is 0.238. The molecule has 0 amide bonds. The Morgan fingerprint density at radius 1 is 1.12 bits per heavy atom. The molecule has 0 fully saturated rings. The van der Waals surface area contributed by atoms with Gasteiger partial charge in [-0.1, -0.05) is 30.3 Å². The topological polar surface area (TPSA) is 29.4 Å². The van der Waals surface area contributed by atoms with E-state index in [1.54, 1.807) is 13.3 Å². The third kappa shape index (κ3) is 2.01. The van der Waals surface area contributed by atoms with E-state index in [1.165, 1.54) is 0 Å². The normalized spacial score (nSPS) is 15.8. The minimum Gasteiger partial charge on any atom is -0.296 e. The molecule has 24 heavy (non-hydrogen) atoms. The van der Waals surface area contributed by atoms with Crippen molar-refractivity contribution in [3.05, 3.63) is 64.0 Å². The lowest BCUT2D eigenvalue weighted by Crippen LogP contribution is -1.98. The van der Waals surface area contributed by atoms with Crippen LogP contribution in [0.2, 0.25) is 0 Å². The van der Waals surface area contributed by atoms with E-state index < -0.39 is 0 Å². The largest absolute Gasteiger partial charge is 0.296 e. The number of allylic oxidation sites excluding steroid dienone is 2. The van der Waals surface area contributed by atoms with Gasteiger partial charge in [0.05, 0.1) is 0 Å². The van der Waals surface area contributed by atoms with E-state index in [0.29, 0.717) is 24.0 Å². The average molecular weight is 319 g/mol. The van der Waals surface area contributed by atoms with E-state index in [0.717, 1.165) is 39.8 Å². The van der Waals surface area contributed by atoms with Gasteiger partial charge in [-0.25, -0.2) is 4.39 Å². The van der Waals surface area contributed by atoms with Gasteiger partial charge in [-0.15, -0.1) is 0 Å². The number of nitrogens with zero attached hydrogens (tertiary/aromatic N) is 1. The molecule has 120 valence electrons. The maximum absolute atomic E-state index is 15.4. The molecule has 2 aromatic carbocycles. The van der Waals surface area contributed by atoms with Crippen molar-refractivity contribution in [2.75, 3.05) is 7.05 Å². The van der Waals surface area contributed by atoms with Gasteiger partial charge in [0.1, 0.15) is 5.82 Å². The molecule has 0 saturated carbocycles. The Labute approximate surface area is 140 Å². The molecule has 4 rings (SSSR count). The number of Topliss-reactive ketones (excluding diaryl/α,β-unsaturated/α-hetero) is 1. The third-order valence-electron chi connectivity index (χ3n) is 5.05. The van der Waals surface area contributed by atoms with Gasteiger partial charge in [0.2, 0.25) is 0 Å². The van der Waals surface area contributed by atoms with Gasteiger partial charge in [-0.2, -0.15) is 0 Å². The summed E-state index contributed by atoms with van der Waals surface area (Å²) in [5, 5.41) is 0.